The number of hydrazine groups is 1. The number of nitrogens with zero attached hydrogens (tertiary/aromatic N) is 1. The van der Waals surface area contributed by atoms with E-state index < -0.39 is 17.8 Å². The second kappa shape index (κ2) is 6.78. The predicted octanol–water partition coefficient (Wildman–Crippen LogP) is 4.53. The SMILES string of the molecule is CN(NC(=O)Nc1cc(C(F)(F)F)ccc1Cl)c1ccccc1. The molecule has 0 fully saturated rings. The van der Waals surface area contributed by atoms with Crippen molar-refractivity contribution in [3.8, 4) is 0 Å². The van der Waals surface area contributed by atoms with E-state index in [2.05, 4.69) is 10.7 Å². The van der Waals surface area contributed by atoms with Crippen molar-refractivity contribution in [2.45, 2.75) is 6.18 Å². The van der Waals surface area contributed by atoms with Crippen LogP contribution in [-0.2, 0) is 6.18 Å². The molecule has 2 rings (SSSR count). The summed E-state index contributed by atoms with van der Waals surface area (Å²) in [7, 11) is 1.60. The van der Waals surface area contributed by atoms with Crippen molar-refractivity contribution in [3.63, 3.8) is 0 Å². The monoisotopic (exact) mass is 343 g/mol. The molecule has 2 amide bonds. The van der Waals surface area contributed by atoms with Crippen LogP contribution in [-0.4, -0.2) is 13.1 Å². The molecule has 8 heteroatoms. The van der Waals surface area contributed by atoms with Gasteiger partial charge in [-0.2, -0.15) is 13.2 Å². The number of anilines is 2. The molecule has 0 aliphatic heterocycles. The molecule has 2 aromatic rings. The van der Waals surface area contributed by atoms with Gasteiger partial charge in [0.2, 0.25) is 0 Å². The van der Waals surface area contributed by atoms with Gasteiger partial charge in [0.25, 0.3) is 0 Å². The summed E-state index contributed by atoms with van der Waals surface area (Å²) in [5, 5.41) is 3.74. The first kappa shape index (κ1) is 17.0. The van der Waals surface area contributed by atoms with Crippen molar-refractivity contribution >= 4 is 29.0 Å². The fourth-order valence-electron chi connectivity index (χ4n) is 1.82. The summed E-state index contributed by atoms with van der Waals surface area (Å²) in [6.07, 6.45) is -4.52. The van der Waals surface area contributed by atoms with Crippen LogP contribution in [0.3, 0.4) is 0 Å². The highest BCUT2D eigenvalue weighted by molar-refractivity contribution is 6.33. The molecule has 23 heavy (non-hydrogen) atoms. The summed E-state index contributed by atoms with van der Waals surface area (Å²) in [6.45, 7) is 0. The molecule has 122 valence electrons. The molecule has 0 heterocycles. The Bertz CT molecular complexity index is 692. The Morgan fingerprint density at radius 1 is 1.13 bits per heavy atom. The van der Waals surface area contributed by atoms with E-state index in [4.69, 9.17) is 11.6 Å². The molecule has 2 aromatic carbocycles. The van der Waals surface area contributed by atoms with Gasteiger partial charge in [0.1, 0.15) is 0 Å². The largest absolute Gasteiger partial charge is 0.416 e. The first-order valence-electron chi connectivity index (χ1n) is 6.50. The van der Waals surface area contributed by atoms with Gasteiger partial charge in [-0.15, -0.1) is 0 Å². The summed E-state index contributed by atoms with van der Waals surface area (Å²) in [4.78, 5) is 11.9. The lowest BCUT2D eigenvalue weighted by atomic mass is 10.2. The van der Waals surface area contributed by atoms with E-state index in [9.17, 15) is 18.0 Å². The van der Waals surface area contributed by atoms with Gasteiger partial charge in [0.15, 0.2) is 0 Å². The Morgan fingerprint density at radius 3 is 2.39 bits per heavy atom. The van der Waals surface area contributed by atoms with Crippen LogP contribution in [0.25, 0.3) is 0 Å². The maximum absolute atomic E-state index is 12.7. The second-order valence-corrected chi connectivity index (χ2v) is 5.06. The molecule has 0 aromatic heterocycles. The minimum Gasteiger partial charge on any atom is -0.305 e. The molecule has 0 bridgehead atoms. The highest BCUT2D eigenvalue weighted by Crippen LogP contribution is 2.33. The number of nitrogens with one attached hydrogen (secondary N) is 2. The number of carbonyl (C=O) groups is 1. The van der Waals surface area contributed by atoms with Gasteiger partial charge in [-0.25, -0.2) is 10.2 Å². The molecule has 0 aliphatic carbocycles. The standard InChI is InChI=1S/C15H13ClF3N3O/c1-22(11-5-3-2-4-6-11)21-14(23)20-13-9-10(15(17,18)19)7-8-12(13)16/h2-9H,1H3,(H2,20,21,23). The molecular weight excluding hydrogens is 331 g/mol. The van der Waals surface area contributed by atoms with Crippen molar-refractivity contribution in [3.05, 3.63) is 59.1 Å². The highest BCUT2D eigenvalue weighted by atomic mass is 35.5. The van der Waals surface area contributed by atoms with E-state index in [1.807, 2.05) is 6.07 Å². The van der Waals surface area contributed by atoms with Crippen LogP contribution in [0.1, 0.15) is 5.56 Å². The third-order valence-corrected chi connectivity index (χ3v) is 3.28. The lowest BCUT2D eigenvalue weighted by Gasteiger charge is -2.21. The molecule has 0 radical (unpaired) electrons. The summed E-state index contributed by atoms with van der Waals surface area (Å²) in [5.41, 5.74) is 2.16. The fourth-order valence-corrected chi connectivity index (χ4v) is 1.98. The van der Waals surface area contributed by atoms with Gasteiger partial charge in [-0.05, 0) is 30.3 Å². The summed E-state index contributed by atoms with van der Waals surface area (Å²) in [6, 6.07) is 10.9. The van der Waals surface area contributed by atoms with E-state index in [1.165, 1.54) is 5.01 Å². The van der Waals surface area contributed by atoms with Crippen LogP contribution in [0.4, 0.5) is 29.3 Å². The maximum atomic E-state index is 12.7. The van der Waals surface area contributed by atoms with Crippen LogP contribution in [0.2, 0.25) is 5.02 Å². The highest BCUT2D eigenvalue weighted by Gasteiger charge is 2.31. The van der Waals surface area contributed by atoms with Crippen LogP contribution < -0.4 is 15.8 Å². The number of hydrogen-bond donors (Lipinski definition) is 2. The lowest BCUT2D eigenvalue weighted by molar-refractivity contribution is -0.137. The topological polar surface area (TPSA) is 44.4 Å². The van der Waals surface area contributed by atoms with Crippen LogP contribution in [0.15, 0.2) is 48.5 Å². The minimum atomic E-state index is -4.52. The molecule has 4 nitrogen and oxygen atoms in total. The van der Waals surface area contributed by atoms with Gasteiger partial charge < -0.3 is 5.32 Å². The van der Waals surface area contributed by atoms with E-state index in [0.717, 1.165) is 18.2 Å². The van der Waals surface area contributed by atoms with E-state index in [-0.39, 0.29) is 10.7 Å². The molecule has 0 spiro atoms. The summed E-state index contributed by atoms with van der Waals surface area (Å²) in [5.74, 6) is 0. The first-order valence-corrected chi connectivity index (χ1v) is 6.88. The van der Waals surface area contributed by atoms with Crippen molar-refractivity contribution in [1.82, 2.24) is 5.43 Å². The van der Waals surface area contributed by atoms with Gasteiger partial charge in [0, 0.05) is 7.05 Å². The summed E-state index contributed by atoms with van der Waals surface area (Å²) < 4.78 is 38.1. The quantitative estimate of drug-likeness (QED) is 0.804. The molecule has 2 N–H and O–H groups in total. The van der Waals surface area contributed by atoms with Crippen LogP contribution in [0.5, 0.6) is 0 Å². The number of alkyl halides is 3. The average Bonchev–Trinajstić information content (AvgIpc) is 2.49. The maximum Gasteiger partial charge on any atom is 0.416 e. The zero-order valence-electron chi connectivity index (χ0n) is 12.0. The van der Waals surface area contributed by atoms with Gasteiger partial charge in [-0.3, -0.25) is 5.01 Å². The number of hydrogen-bond acceptors (Lipinski definition) is 2. The van der Waals surface area contributed by atoms with Crippen LogP contribution in [0, 0.1) is 0 Å². The number of urea groups is 1. The first-order chi connectivity index (χ1) is 10.8. The number of para-hydroxylation sites is 1. The Labute approximate surface area is 135 Å². The molecule has 0 atom stereocenters. The Morgan fingerprint density at radius 2 is 1.78 bits per heavy atom. The average molecular weight is 344 g/mol. The third-order valence-electron chi connectivity index (χ3n) is 2.95. The van der Waals surface area contributed by atoms with Crippen molar-refractivity contribution in [2.75, 3.05) is 17.4 Å². The normalized spacial score (nSPS) is 11.0. The van der Waals surface area contributed by atoms with Crippen molar-refractivity contribution < 1.29 is 18.0 Å². The fraction of sp³-hybridized carbons (Fsp3) is 0.133. The van der Waals surface area contributed by atoms with Gasteiger partial charge in [-0.1, -0.05) is 29.8 Å². The number of amides is 2. The van der Waals surface area contributed by atoms with Gasteiger partial charge >= 0.3 is 12.2 Å². The number of carbonyl (C=O) groups excluding carboxylic acids is 1. The molecule has 0 unspecified atom stereocenters. The zero-order chi connectivity index (χ0) is 17.0. The Hall–Kier alpha value is -2.41. The number of halogens is 4. The predicted molar refractivity (Wildman–Crippen MR) is 83.5 cm³/mol. The third kappa shape index (κ3) is 4.53. The second-order valence-electron chi connectivity index (χ2n) is 4.65. The van der Waals surface area contributed by atoms with E-state index in [0.29, 0.717) is 5.69 Å². The van der Waals surface area contributed by atoms with Crippen molar-refractivity contribution in [1.29, 1.82) is 0 Å². The smallest absolute Gasteiger partial charge is 0.305 e. The van der Waals surface area contributed by atoms with Crippen molar-refractivity contribution in [2.24, 2.45) is 0 Å². The van der Waals surface area contributed by atoms with Crippen LogP contribution >= 0.6 is 11.6 Å². The molecule has 0 saturated carbocycles. The molecule has 0 saturated heterocycles. The Balaban J connectivity index is 2.08. The molecule has 0 aliphatic rings. The van der Waals surface area contributed by atoms with E-state index >= 15 is 0 Å². The minimum absolute atomic E-state index is 0.00974. The number of rotatable bonds is 3. The summed E-state index contributed by atoms with van der Waals surface area (Å²) >= 11 is 5.82. The zero-order valence-corrected chi connectivity index (χ0v) is 12.7. The molecular formula is C15H13ClF3N3O. The Kier molecular flexibility index (Phi) is 5.00. The number of benzene rings is 2. The lowest BCUT2D eigenvalue weighted by Crippen LogP contribution is -2.42. The van der Waals surface area contributed by atoms with E-state index in [1.54, 1.807) is 31.3 Å². The van der Waals surface area contributed by atoms with Gasteiger partial charge in [0.05, 0.1) is 22.0 Å².